The first kappa shape index (κ1) is 22.6. The highest BCUT2D eigenvalue weighted by Gasteiger charge is 2.18. The third kappa shape index (κ3) is 5.75. The Bertz CT molecular complexity index is 1090. The lowest BCUT2D eigenvalue weighted by molar-refractivity contribution is -0.385. The number of hydrogen-bond acceptors (Lipinski definition) is 6. The molecule has 0 aliphatic rings. The van der Waals surface area contributed by atoms with Crippen LogP contribution in [0.2, 0.25) is 0 Å². The summed E-state index contributed by atoms with van der Waals surface area (Å²) in [7, 11) is 1.55. The van der Waals surface area contributed by atoms with E-state index in [9.17, 15) is 14.9 Å². The molecule has 8 heteroatoms. The lowest BCUT2D eigenvalue weighted by atomic mass is 10.1. The molecule has 32 heavy (non-hydrogen) atoms. The molecular formula is C24H24N2O6. The van der Waals surface area contributed by atoms with E-state index in [0.717, 1.165) is 11.1 Å². The fourth-order valence-electron chi connectivity index (χ4n) is 3.04. The molecular weight excluding hydrogens is 412 g/mol. The maximum Gasteiger partial charge on any atom is 0.311 e. The highest BCUT2D eigenvalue weighted by Crippen LogP contribution is 2.30. The van der Waals surface area contributed by atoms with Gasteiger partial charge in [-0.05, 0) is 42.3 Å². The van der Waals surface area contributed by atoms with E-state index in [2.05, 4.69) is 5.32 Å². The van der Waals surface area contributed by atoms with E-state index in [1.165, 1.54) is 18.2 Å². The van der Waals surface area contributed by atoms with Crippen LogP contribution < -0.4 is 19.5 Å². The highest BCUT2D eigenvalue weighted by atomic mass is 16.6. The van der Waals surface area contributed by atoms with Crippen molar-refractivity contribution in [1.29, 1.82) is 0 Å². The summed E-state index contributed by atoms with van der Waals surface area (Å²) in [5, 5.41) is 14.0. The lowest BCUT2D eigenvalue weighted by Crippen LogP contribution is -2.23. The van der Waals surface area contributed by atoms with Gasteiger partial charge in [-0.3, -0.25) is 14.9 Å². The third-order valence-electron chi connectivity index (χ3n) is 4.64. The molecule has 0 saturated carbocycles. The summed E-state index contributed by atoms with van der Waals surface area (Å²) in [5.74, 6) is 0.836. The van der Waals surface area contributed by atoms with Gasteiger partial charge in [0.15, 0.2) is 17.2 Å². The third-order valence-corrected chi connectivity index (χ3v) is 4.64. The maximum absolute atomic E-state index is 12.5. The largest absolute Gasteiger partial charge is 0.493 e. The molecule has 0 spiro atoms. The van der Waals surface area contributed by atoms with E-state index in [-0.39, 0.29) is 23.5 Å². The lowest BCUT2D eigenvalue weighted by Gasteiger charge is -2.13. The van der Waals surface area contributed by atoms with Crippen molar-refractivity contribution in [1.82, 2.24) is 5.32 Å². The zero-order chi connectivity index (χ0) is 22.9. The molecule has 0 aliphatic heterocycles. The Kier molecular flexibility index (Phi) is 7.64. The number of nitro groups is 1. The number of methoxy groups -OCH3 is 1. The highest BCUT2D eigenvalue weighted by molar-refractivity contribution is 5.95. The van der Waals surface area contributed by atoms with E-state index in [0.29, 0.717) is 24.7 Å². The molecule has 3 aromatic carbocycles. The normalized spacial score (nSPS) is 10.3. The van der Waals surface area contributed by atoms with Crippen LogP contribution in [-0.4, -0.2) is 24.5 Å². The number of nitrogens with zero attached hydrogens (tertiary/aromatic N) is 1. The van der Waals surface area contributed by atoms with E-state index in [4.69, 9.17) is 14.2 Å². The molecule has 1 amide bonds. The van der Waals surface area contributed by atoms with Crippen LogP contribution in [0.1, 0.15) is 28.4 Å². The van der Waals surface area contributed by atoms with Gasteiger partial charge in [0, 0.05) is 18.2 Å². The van der Waals surface area contributed by atoms with Crippen LogP contribution in [0, 0.1) is 10.1 Å². The number of nitro benzene ring substituents is 1. The van der Waals surface area contributed by atoms with Crippen LogP contribution >= 0.6 is 0 Å². The average molecular weight is 436 g/mol. The minimum Gasteiger partial charge on any atom is -0.493 e. The number of hydrogen-bond donors (Lipinski definition) is 1. The van der Waals surface area contributed by atoms with Crippen LogP contribution in [0.15, 0.2) is 66.7 Å². The van der Waals surface area contributed by atoms with E-state index in [1.54, 1.807) is 26.2 Å². The topological polar surface area (TPSA) is 99.9 Å². The predicted octanol–water partition coefficient (Wildman–Crippen LogP) is 4.51. The van der Waals surface area contributed by atoms with Crippen molar-refractivity contribution >= 4 is 11.6 Å². The minimum absolute atomic E-state index is 0.130. The Morgan fingerprint density at radius 2 is 1.69 bits per heavy atom. The fourth-order valence-corrected chi connectivity index (χ4v) is 3.04. The molecule has 0 saturated heterocycles. The molecule has 0 fully saturated rings. The summed E-state index contributed by atoms with van der Waals surface area (Å²) in [6, 6.07) is 19.3. The van der Waals surface area contributed by atoms with Gasteiger partial charge in [-0.2, -0.15) is 0 Å². The van der Waals surface area contributed by atoms with Gasteiger partial charge < -0.3 is 19.5 Å². The number of nitrogens with one attached hydrogen (secondary N) is 1. The average Bonchev–Trinajstić information content (AvgIpc) is 2.82. The predicted molar refractivity (Wildman–Crippen MR) is 119 cm³/mol. The molecule has 0 bridgehead atoms. The molecule has 0 aromatic heterocycles. The zero-order valence-electron chi connectivity index (χ0n) is 17.9. The molecule has 1 N–H and O–H groups in total. The Hall–Kier alpha value is -4.07. The quantitative estimate of drug-likeness (QED) is 0.371. The van der Waals surface area contributed by atoms with Crippen LogP contribution in [0.4, 0.5) is 5.69 Å². The standard InChI is InChI=1S/C24H24N2O6/c1-3-31-21-12-10-19(14-20(21)26(28)29)24(27)25-15-18-9-11-22(23(13-18)30-2)32-16-17-7-5-4-6-8-17/h4-14H,3,15-16H2,1-2H3,(H,25,27). The molecule has 0 aliphatic carbocycles. The van der Waals surface area contributed by atoms with Crippen molar-refractivity contribution in [2.45, 2.75) is 20.1 Å². The number of carbonyl (C=O) groups is 1. The monoisotopic (exact) mass is 436 g/mol. The molecule has 0 atom stereocenters. The molecule has 166 valence electrons. The van der Waals surface area contributed by atoms with Crippen molar-refractivity contribution in [3.05, 3.63) is 93.5 Å². The van der Waals surface area contributed by atoms with Gasteiger partial charge in [0.25, 0.3) is 5.91 Å². The van der Waals surface area contributed by atoms with Gasteiger partial charge in [0.1, 0.15) is 6.61 Å². The van der Waals surface area contributed by atoms with Gasteiger partial charge in [-0.25, -0.2) is 0 Å². The van der Waals surface area contributed by atoms with Gasteiger partial charge in [-0.15, -0.1) is 0 Å². The summed E-state index contributed by atoms with van der Waals surface area (Å²) in [5.41, 5.74) is 1.76. The number of amides is 1. The first-order valence-electron chi connectivity index (χ1n) is 10.0. The van der Waals surface area contributed by atoms with Gasteiger partial charge >= 0.3 is 5.69 Å². The number of ether oxygens (including phenoxy) is 3. The Morgan fingerprint density at radius 3 is 2.38 bits per heavy atom. The molecule has 3 aromatic rings. The Labute approximate surface area is 185 Å². The molecule has 0 unspecified atom stereocenters. The Balaban J connectivity index is 1.65. The second kappa shape index (κ2) is 10.8. The molecule has 3 rings (SSSR count). The van der Waals surface area contributed by atoms with Gasteiger partial charge in [0.05, 0.1) is 18.6 Å². The van der Waals surface area contributed by atoms with E-state index in [1.807, 2.05) is 36.4 Å². The van der Waals surface area contributed by atoms with Crippen LogP contribution in [-0.2, 0) is 13.2 Å². The fraction of sp³-hybridized carbons (Fsp3) is 0.208. The second-order valence-electron chi connectivity index (χ2n) is 6.81. The van der Waals surface area contributed by atoms with Gasteiger partial charge in [0.2, 0.25) is 0 Å². The SMILES string of the molecule is CCOc1ccc(C(=O)NCc2ccc(OCc3ccccc3)c(OC)c2)cc1[N+](=O)[O-]. The summed E-state index contributed by atoms with van der Waals surface area (Å²) < 4.78 is 16.5. The van der Waals surface area contributed by atoms with Crippen molar-refractivity contribution in [3.63, 3.8) is 0 Å². The number of carbonyl (C=O) groups excluding carboxylic acids is 1. The minimum atomic E-state index is -0.569. The van der Waals surface area contributed by atoms with E-state index < -0.39 is 10.8 Å². The van der Waals surface area contributed by atoms with Crippen molar-refractivity contribution in [2.24, 2.45) is 0 Å². The summed E-state index contributed by atoms with van der Waals surface area (Å²) in [6.45, 7) is 2.65. The molecule has 0 heterocycles. The summed E-state index contributed by atoms with van der Waals surface area (Å²) in [4.78, 5) is 23.2. The molecule has 0 radical (unpaired) electrons. The zero-order valence-corrected chi connectivity index (χ0v) is 17.9. The maximum atomic E-state index is 12.5. The van der Waals surface area contributed by atoms with E-state index >= 15 is 0 Å². The first-order chi connectivity index (χ1) is 15.5. The second-order valence-corrected chi connectivity index (χ2v) is 6.81. The van der Waals surface area contributed by atoms with Crippen molar-refractivity contribution < 1.29 is 23.9 Å². The van der Waals surface area contributed by atoms with Crippen LogP contribution in [0.5, 0.6) is 17.2 Å². The Morgan fingerprint density at radius 1 is 0.938 bits per heavy atom. The molecule has 8 nitrogen and oxygen atoms in total. The van der Waals surface area contributed by atoms with Crippen LogP contribution in [0.3, 0.4) is 0 Å². The smallest absolute Gasteiger partial charge is 0.311 e. The number of benzene rings is 3. The van der Waals surface area contributed by atoms with Crippen molar-refractivity contribution in [3.8, 4) is 17.2 Å². The summed E-state index contributed by atoms with van der Waals surface area (Å²) in [6.07, 6.45) is 0. The first-order valence-corrected chi connectivity index (χ1v) is 10.0. The summed E-state index contributed by atoms with van der Waals surface area (Å²) >= 11 is 0. The van der Waals surface area contributed by atoms with Crippen molar-refractivity contribution in [2.75, 3.05) is 13.7 Å². The van der Waals surface area contributed by atoms with Crippen LogP contribution in [0.25, 0.3) is 0 Å². The number of rotatable bonds is 10. The van der Waals surface area contributed by atoms with Gasteiger partial charge in [-0.1, -0.05) is 36.4 Å².